The quantitative estimate of drug-likeness (QED) is 0.798. The Balaban J connectivity index is 1.87. The van der Waals surface area contributed by atoms with Gasteiger partial charge in [0.1, 0.15) is 0 Å². The molecule has 8 heteroatoms. The Morgan fingerprint density at radius 2 is 1.91 bits per heavy atom. The molecule has 0 saturated carbocycles. The SMILES string of the molecule is CCc1nnc(N2C[C@@H](N(C)C)[C@@H](n3ccnn3)C2)nc1CC. The summed E-state index contributed by atoms with van der Waals surface area (Å²) in [4.78, 5) is 9.16. The van der Waals surface area contributed by atoms with Crippen molar-refractivity contribution >= 4 is 5.95 Å². The van der Waals surface area contributed by atoms with E-state index in [1.54, 1.807) is 6.20 Å². The van der Waals surface area contributed by atoms with Crippen LogP contribution in [0.4, 0.5) is 5.95 Å². The van der Waals surface area contributed by atoms with Crippen LogP contribution >= 0.6 is 0 Å². The Labute approximate surface area is 136 Å². The number of anilines is 1. The molecule has 124 valence electrons. The van der Waals surface area contributed by atoms with Gasteiger partial charge in [-0.25, -0.2) is 9.67 Å². The molecular formula is C15H24N8. The standard InChI is InChI=1S/C15H24N8/c1-5-11-12(6-2)18-19-15(17-11)22-9-13(21(3)4)14(10-22)23-8-7-16-20-23/h7-8,13-14H,5-6,9-10H2,1-4H3/t13-,14+/m1/s1. The van der Waals surface area contributed by atoms with Crippen molar-refractivity contribution in [3.63, 3.8) is 0 Å². The van der Waals surface area contributed by atoms with Crippen molar-refractivity contribution < 1.29 is 0 Å². The number of likely N-dealkylation sites (N-methyl/N-ethyl adjacent to an activating group) is 1. The van der Waals surface area contributed by atoms with Crippen LogP contribution in [0.5, 0.6) is 0 Å². The summed E-state index contributed by atoms with van der Waals surface area (Å²) < 4.78 is 1.93. The Kier molecular flexibility index (Phi) is 4.51. The molecule has 23 heavy (non-hydrogen) atoms. The predicted octanol–water partition coefficient (Wildman–Crippen LogP) is 0.579. The van der Waals surface area contributed by atoms with Crippen LogP contribution in [0.3, 0.4) is 0 Å². The van der Waals surface area contributed by atoms with Crippen LogP contribution in [0, 0.1) is 0 Å². The fraction of sp³-hybridized carbons (Fsp3) is 0.667. The van der Waals surface area contributed by atoms with Gasteiger partial charge in [0.25, 0.3) is 0 Å². The maximum Gasteiger partial charge on any atom is 0.245 e. The van der Waals surface area contributed by atoms with Gasteiger partial charge in [-0.2, -0.15) is 5.10 Å². The van der Waals surface area contributed by atoms with Crippen molar-refractivity contribution in [3.05, 3.63) is 23.8 Å². The van der Waals surface area contributed by atoms with Crippen LogP contribution in [0.1, 0.15) is 31.3 Å². The molecule has 3 heterocycles. The highest BCUT2D eigenvalue weighted by molar-refractivity contribution is 5.34. The molecule has 3 rings (SSSR count). The van der Waals surface area contributed by atoms with Gasteiger partial charge >= 0.3 is 0 Å². The van der Waals surface area contributed by atoms with E-state index >= 15 is 0 Å². The first-order valence-electron chi connectivity index (χ1n) is 8.13. The number of nitrogens with zero attached hydrogens (tertiary/aromatic N) is 8. The largest absolute Gasteiger partial charge is 0.336 e. The average Bonchev–Trinajstić information content (AvgIpc) is 3.22. The van der Waals surface area contributed by atoms with Crippen molar-refractivity contribution in [2.24, 2.45) is 0 Å². The zero-order valence-electron chi connectivity index (χ0n) is 14.2. The lowest BCUT2D eigenvalue weighted by molar-refractivity contribution is 0.243. The van der Waals surface area contributed by atoms with E-state index in [0.29, 0.717) is 12.0 Å². The maximum absolute atomic E-state index is 4.74. The third-order valence-corrected chi connectivity index (χ3v) is 4.48. The Morgan fingerprint density at radius 3 is 2.52 bits per heavy atom. The van der Waals surface area contributed by atoms with Gasteiger partial charge in [0, 0.05) is 19.3 Å². The fourth-order valence-corrected chi connectivity index (χ4v) is 3.16. The summed E-state index contributed by atoms with van der Waals surface area (Å²) in [7, 11) is 4.18. The van der Waals surface area contributed by atoms with Gasteiger partial charge in [0.15, 0.2) is 0 Å². The van der Waals surface area contributed by atoms with Crippen molar-refractivity contribution in [1.82, 2.24) is 35.1 Å². The van der Waals surface area contributed by atoms with Crippen LogP contribution < -0.4 is 4.90 Å². The van der Waals surface area contributed by atoms with E-state index in [4.69, 9.17) is 4.98 Å². The summed E-state index contributed by atoms with van der Waals surface area (Å²) in [6.07, 6.45) is 5.38. The van der Waals surface area contributed by atoms with Crippen LogP contribution in [0.2, 0.25) is 0 Å². The Morgan fingerprint density at radius 1 is 1.13 bits per heavy atom. The molecule has 2 aromatic rings. The second kappa shape index (κ2) is 6.57. The summed E-state index contributed by atoms with van der Waals surface area (Å²) in [6.45, 7) is 5.86. The minimum absolute atomic E-state index is 0.229. The first kappa shape index (κ1) is 15.8. The molecular weight excluding hydrogens is 292 g/mol. The minimum Gasteiger partial charge on any atom is -0.336 e. The van der Waals surface area contributed by atoms with Crippen molar-refractivity contribution in [3.8, 4) is 0 Å². The number of rotatable bonds is 5. The predicted molar refractivity (Wildman–Crippen MR) is 87.3 cm³/mol. The second-order valence-electron chi connectivity index (χ2n) is 6.10. The second-order valence-corrected chi connectivity index (χ2v) is 6.10. The van der Waals surface area contributed by atoms with Gasteiger partial charge in [-0.3, -0.25) is 0 Å². The summed E-state index contributed by atoms with van der Waals surface area (Å²) in [5.74, 6) is 0.716. The third kappa shape index (κ3) is 3.03. The monoisotopic (exact) mass is 316 g/mol. The fourth-order valence-electron chi connectivity index (χ4n) is 3.16. The normalized spacial score (nSPS) is 21.3. The zero-order valence-corrected chi connectivity index (χ0v) is 14.2. The van der Waals surface area contributed by atoms with E-state index in [2.05, 4.69) is 58.3 Å². The van der Waals surface area contributed by atoms with Crippen molar-refractivity contribution in [1.29, 1.82) is 0 Å². The molecule has 2 atom stereocenters. The summed E-state index contributed by atoms with van der Waals surface area (Å²) >= 11 is 0. The molecule has 1 aliphatic heterocycles. The van der Waals surface area contributed by atoms with Crippen LogP contribution in [0.15, 0.2) is 12.4 Å². The molecule has 1 aliphatic rings. The molecule has 0 bridgehead atoms. The average molecular weight is 316 g/mol. The highest BCUT2D eigenvalue weighted by Gasteiger charge is 2.37. The van der Waals surface area contributed by atoms with Gasteiger partial charge < -0.3 is 9.80 Å². The molecule has 0 aliphatic carbocycles. The van der Waals surface area contributed by atoms with Crippen molar-refractivity contribution in [2.45, 2.75) is 38.8 Å². The lowest BCUT2D eigenvalue weighted by atomic mass is 10.1. The van der Waals surface area contributed by atoms with Gasteiger partial charge in [-0.15, -0.1) is 10.2 Å². The van der Waals surface area contributed by atoms with E-state index in [1.165, 1.54) is 0 Å². The number of aryl methyl sites for hydroxylation is 2. The zero-order chi connectivity index (χ0) is 16.4. The topological polar surface area (TPSA) is 75.9 Å². The van der Waals surface area contributed by atoms with Gasteiger partial charge in [0.05, 0.1) is 29.7 Å². The molecule has 0 radical (unpaired) electrons. The van der Waals surface area contributed by atoms with Gasteiger partial charge in [0.2, 0.25) is 5.95 Å². The molecule has 0 unspecified atom stereocenters. The van der Waals surface area contributed by atoms with Crippen LogP contribution in [0.25, 0.3) is 0 Å². The lowest BCUT2D eigenvalue weighted by Gasteiger charge is -2.24. The maximum atomic E-state index is 4.74. The number of hydrogen-bond donors (Lipinski definition) is 0. The molecule has 0 amide bonds. The van der Waals surface area contributed by atoms with Crippen molar-refractivity contribution in [2.75, 3.05) is 32.1 Å². The van der Waals surface area contributed by atoms with Crippen LogP contribution in [-0.2, 0) is 12.8 Å². The van der Waals surface area contributed by atoms with E-state index in [1.807, 2.05) is 10.9 Å². The van der Waals surface area contributed by atoms with Gasteiger partial charge in [-0.1, -0.05) is 19.1 Å². The smallest absolute Gasteiger partial charge is 0.245 e. The summed E-state index contributed by atoms with van der Waals surface area (Å²) in [6, 6.07) is 0.559. The third-order valence-electron chi connectivity index (χ3n) is 4.48. The molecule has 1 saturated heterocycles. The van der Waals surface area contributed by atoms with E-state index < -0.39 is 0 Å². The molecule has 0 N–H and O–H groups in total. The molecule has 2 aromatic heterocycles. The Hall–Kier alpha value is -2.09. The van der Waals surface area contributed by atoms with E-state index in [9.17, 15) is 0 Å². The first-order chi connectivity index (χ1) is 11.1. The number of aromatic nitrogens is 6. The lowest BCUT2D eigenvalue weighted by Crippen LogP contribution is -2.36. The van der Waals surface area contributed by atoms with E-state index in [0.717, 1.165) is 37.3 Å². The molecule has 0 aromatic carbocycles. The highest BCUT2D eigenvalue weighted by atomic mass is 15.5. The van der Waals surface area contributed by atoms with E-state index in [-0.39, 0.29) is 6.04 Å². The first-order valence-corrected chi connectivity index (χ1v) is 8.13. The Bertz CT molecular complexity index is 639. The highest BCUT2D eigenvalue weighted by Crippen LogP contribution is 2.27. The van der Waals surface area contributed by atoms with Crippen LogP contribution in [-0.4, -0.2) is 68.3 Å². The minimum atomic E-state index is 0.229. The summed E-state index contributed by atoms with van der Waals surface area (Å²) in [5, 5.41) is 16.8. The molecule has 1 fully saturated rings. The molecule has 0 spiro atoms. The number of hydrogen-bond acceptors (Lipinski definition) is 7. The molecule has 8 nitrogen and oxygen atoms in total. The van der Waals surface area contributed by atoms with Gasteiger partial charge in [-0.05, 0) is 26.9 Å². The summed E-state index contributed by atoms with van der Waals surface area (Å²) in [5.41, 5.74) is 2.04.